The van der Waals surface area contributed by atoms with Crippen LogP contribution in [0.2, 0.25) is 5.02 Å². The van der Waals surface area contributed by atoms with Gasteiger partial charge in [-0.2, -0.15) is 0 Å². The summed E-state index contributed by atoms with van der Waals surface area (Å²) in [5.74, 6) is 0.796. The Balaban J connectivity index is 1.55. The van der Waals surface area contributed by atoms with E-state index in [1.807, 2.05) is 30.5 Å². The SMILES string of the molecule is CSc1ccc(/C=C2\SC(=O)N(Cc3cc4c(cc3Cl)OCO4)C2=O)cc1. The third-order valence-electron chi connectivity index (χ3n) is 4.16. The van der Waals surface area contributed by atoms with Gasteiger partial charge in [-0.1, -0.05) is 23.7 Å². The van der Waals surface area contributed by atoms with Gasteiger partial charge in [0.15, 0.2) is 11.5 Å². The molecule has 0 aliphatic carbocycles. The second-order valence-corrected chi connectivity index (χ2v) is 8.12. The smallest absolute Gasteiger partial charge is 0.293 e. The molecule has 1 fully saturated rings. The van der Waals surface area contributed by atoms with Crippen LogP contribution >= 0.6 is 35.1 Å². The van der Waals surface area contributed by atoms with Crippen LogP contribution in [0, 0.1) is 0 Å². The molecule has 2 amide bonds. The number of ether oxygens (including phenoxy) is 2. The molecule has 0 aromatic heterocycles. The first kappa shape index (κ1) is 18.3. The lowest BCUT2D eigenvalue weighted by molar-refractivity contribution is -0.123. The zero-order chi connectivity index (χ0) is 19.0. The third-order valence-corrected chi connectivity index (χ3v) is 6.16. The minimum absolute atomic E-state index is 0.0862. The van der Waals surface area contributed by atoms with Crippen LogP contribution in [0.15, 0.2) is 46.2 Å². The van der Waals surface area contributed by atoms with E-state index in [1.54, 1.807) is 30.0 Å². The molecule has 2 aliphatic rings. The molecule has 2 aromatic carbocycles. The molecule has 0 saturated carbocycles. The van der Waals surface area contributed by atoms with Gasteiger partial charge in [0, 0.05) is 16.0 Å². The number of carbonyl (C=O) groups excluding carboxylic acids is 2. The van der Waals surface area contributed by atoms with Crippen LogP contribution in [0.4, 0.5) is 4.79 Å². The second kappa shape index (κ2) is 7.50. The molecule has 4 rings (SSSR count). The molecule has 8 heteroatoms. The first-order chi connectivity index (χ1) is 13.0. The molecular weight excluding hydrogens is 406 g/mol. The number of thioether (sulfide) groups is 2. The maximum absolute atomic E-state index is 12.7. The normalized spacial score (nSPS) is 17.3. The van der Waals surface area contributed by atoms with Gasteiger partial charge < -0.3 is 9.47 Å². The Bertz CT molecular complexity index is 959. The van der Waals surface area contributed by atoms with E-state index in [2.05, 4.69) is 0 Å². The number of imide groups is 1. The Kier molecular flexibility index (Phi) is 5.08. The monoisotopic (exact) mass is 419 g/mol. The van der Waals surface area contributed by atoms with Crippen LogP contribution in [0.25, 0.3) is 6.08 Å². The average molecular weight is 420 g/mol. The maximum atomic E-state index is 12.7. The number of halogens is 1. The summed E-state index contributed by atoms with van der Waals surface area (Å²) in [5.41, 5.74) is 1.51. The van der Waals surface area contributed by atoms with Gasteiger partial charge in [-0.25, -0.2) is 0 Å². The summed E-state index contributed by atoms with van der Waals surface area (Å²) in [4.78, 5) is 27.8. The Morgan fingerprint density at radius 3 is 2.59 bits per heavy atom. The van der Waals surface area contributed by atoms with Crippen molar-refractivity contribution in [3.05, 3.63) is 57.5 Å². The van der Waals surface area contributed by atoms with Gasteiger partial charge >= 0.3 is 0 Å². The van der Waals surface area contributed by atoms with E-state index in [9.17, 15) is 9.59 Å². The molecule has 2 heterocycles. The lowest BCUT2D eigenvalue weighted by Gasteiger charge is -2.14. The van der Waals surface area contributed by atoms with E-state index in [-0.39, 0.29) is 24.5 Å². The van der Waals surface area contributed by atoms with Crippen molar-refractivity contribution in [2.45, 2.75) is 11.4 Å². The summed E-state index contributed by atoms with van der Waals surface area (Å²) >= 11 is 8.85. The van der Waals surface area contributed by atoms with E-state index in [1.165, 1.54) is 4.90 Å². The Labute approximate surface area is 169 Å². The van der Waals surface area contributed by atoms with Crippen LogP contribution in [0.3, 0.4) is 0 Å². The Morgan fingerprint density at radius 1 is 1.19 bits per heavy atom. The molecule has 1 saturated heterocycles. The first-order valence-electron chi connectivity index (χ1n) is 8.02. The standard InChI is InChI=1S/C19H14ClNO4S2/c1-26-13-4-2-11(3-5-13)6-17-18(22)21(19(23)27-17)9-12-7-15-16(8-14(12)20)25-10-24-15/h2-8H,9-10H2,1H3/b17-6-. The van der Waals surface area contributed by atoms with Crippen LogP contribution in [-0.4, -0.2) is 29.1 Å². The van der Waals surface area contributed by atoms with Crippen molar-refractivity contribution in [2.24, 2.45) is 0 Å². The molecule has 138 valence electrons. The Hall–Kier alpha value is -2.09. The van der Waals surface area contributed by atoms with Crippen LogP contribution in [0.5, 0.6) is 11.5 Å². The minimum Gasteiger partial charge on any atom is -0.454 e. The zero-order valence-electron chi connectivity index (χ0n) is 14.2. The first-order valence-corrected chi connectivity index (χ1v) is 10.4. The van der Waals surface area contributed by atoms with Crippen LogP contribution in [0.1, 0.15) is 11.1 Å². The van der Waals surface area contributed by atoms with Gasteiger partial charge in [-0.15, -0.1) is 11.8 Å². The summed E-state index contributed by atoms with van der Waals surface area (Å²) in [6.07, 6.45) is 3.73. The fourth-order valence-electron chi connectivity index (χ4n) is 2.74. The molecule has 2 aliphatic heterocycles. The zero-order valence-corrected chi connectivity index (χ0v) is 16.6. The van der Waals surface area contributed by atoms with Gasteiger partial charge in [-0.3, -0.25) is 14.5 Å². The second-order valence-electron chi connectivity index (χ2n) is 5.84. The summed E-state index contributed by atoms with van der Waals surface area (Å²) in [5, 5.41) is 0.107. The van der Waals surface area contributed by atoms with Crippen molar-refractivity contribution in [3.63, 3.8) is 0 Å². The van der Waals surface area contributed by atoms with Crippen LogP contribution < -0.4 is 9.47 Å². The third kappa shape index (κ3) is 3.67. The molecular formula is C19H14ClNO4S2. The molecule has 27 heavy (non-hydrogen) atoms. The minimum atomic E-state index is -0.326. The van der Waals surface area contributed by atoms with E-state index >= 15 is 0 Å². The number of nitrogens with zero attached hydrogens (tertiary/aromatic N) is 1. The summed E-state index contributed by atoms with van der Waals surface area (Å²) in [6.45, 7) is 0.220. The van der Waals surface area contributed by atoms with E-state index in [0.717, 1.165) is 22.2 Å². The predicted octanol–water partition coefficient (Wildman–Crippen LogP) is 5.03. The Morgan fingerprint density at radius 2 is 1.89 bits per heavy atom. The molecule has 0 atom stereocenters. The number of fused-ring (bicyclic) bond motifs is 1. The number of hydrogen-bond donors (Lipinski definition) is 0. The fourth-order valence-corrected chi connectivity index (χ4v) is 4.20. The summed E-state index contributed by atoms with van der Waals surface area (Å²) < 4.78 is 10.6. The van der Waals surface area contributed by atoms with Gasteiger partial charge in [0.05, 0.1) is 11.4 Å². The highest BCUT2D eigenvalue weighted by Gasteiger charge is 2.35. The molecule has 0 spiro atoms. The van der Waals surface area contributed by atoms with Crippen molar-refractivity contribution in [1.29, 1.82) is 0 Å². The van der Waals surface area contributed by atoms with Crippen LogP contribution in [-0.2, 0) is 11.3 Å². The highest BCUT2D eigenvalue weighted by Crippen LogP contribution is 2.39. The van der Waals surface area contributed by atoms with Crippen molar-refractivity contribution < 1.29 is 19.1 Å². The number of benzene rings is 2. The van der Waals surface area contributed by atoms with Gasteiger partial charge in [0.2, 0.25) is 6.79 Å². The number of carbonyl (C=O) groups is 2. The lowest BCUT2D eigenvalue weighted by Crippen LogP contribution is -2.27. The summed E-state index contributed by atoms with van der Waals surface area (Å²) in [7, 11) is 0. The van der Waals surface area contributed by atoms with Crippen molar-refractivity contribution in [3.8, 4) is 11.5 Å². The topological polar surface area (TPSA) is 55.8 Å². The quantitative estimate of drug-likeness (QED) is 0.512. The van der Waals surface area contributed by atoms with Gasteiger partial charge in [0.1, 0.15) is 0 Å². The predicted molar refractivity (Wildman–Crippen MR) is 107 cm³/mol. The van der Waals surface area contributed by atoms with Crippen molar-refractivity contribution in [2.75, 3.05) is 13.0 Å². The van der Waals surface area contributed by atoms with E-state index in [0.29, 0.717) is 27.0 Å². The number of rotatable bonds is 4. The average Bonchev–Trinajstić information content (AvgIpc) is 3.22. The molecule has 0 radical (unpaired) electrons. The maximum Gasteiger partial charge on any atom is 0.293 e. The lowest BCUT2D eigenvalue weighted by atomic mass is 10.1. The molecule has 0 N–H and O–H groups in total. The van der Waals surface area contributed by atoms with E-state index < -0.39 is 0 Å². The van der Waals surface area contributed by atoms with Crippen molar-refractivity contribution in [1.82, 2.24) is 4.90 Å². The molecule has 5 nitrogen and oxygen atoms in total. The van der Waals surface area contributed by atoms with Gasteiger partial charge in [-0.05, 0) is 53.4 Å². The number of amides is 2. The number of hydrogen-bond acceptors (Lipinski definition) is 6. The highest BCUT2D eigenvalue weighted by molar-refractivity contribution is 8.18. The highest BCUT2D eigenvalue weighted by atomic mass is 35.5. The summed E-state index contributed by atoms with van der Waals surface area (Å²) in [6, 6.07) is 11.2. The molecule has 0 bridgehead atoms. The van der Waals surface area contributed by atoms with Gasteiger partial charge in [0.25, 0.3) is 11.1 Å². The molecule has 0 unspecified atom stereocenters. The fraction of sp³-hybridized carbons (Fsp3) is 0.158. The van der Waals surface area contributed by atoms with E-state index in [4.69, 9.17) is 21.1 Å². The molecule has 2 aromatic rings. The van der Waals surface area contributed by atoms with Crippen molar-refractivity contribution >= 4 is 52.3 Å². The largest absolute Gasteiger partial charge is 0.454 e.